The topological polar surface area (TPSA) is 0 Å². The maximum atomic E-state index is 2.33. The molecular weight excluding hydrogens is 164 g/mol. The molecule has 0 aromatic heterocycles. The molecule has 1 heteroatoms. The van der Waals surface area contributed by atoms with Crippen LogP contribution in [0.25, 0.3) is 0 Å². The summed E-state index contributed by atoms with van der Waals surface area (Å²) in [5.74, 6) is 1.32. The molecule has 66 valence electrons. The number of aryl methyl sites for hydroxylation is 1. The van der Waals surface area contributed by atoms with E-state index in [9.17, 15) is 0 Å². The quantitative estimate of drug-likeness (QED) is 0.629. The maximum Gasteiger partial charge on any atom is 0.154 e. The van der Waals surface area contributed by atoms with Crippen molar-refractivity contribution in [3.05, 3.63) is 29.8 Å². The lowest BCUT2D eigenvalue weighted by Gasteiger charge is -2.00. The summed E-state index contributed by atoms with van der Waals surface area (Å²) in [6.07, 6.45) is 3.61. The third-order valence-electron chi connectivity index (χ3n) is 1.93. The fourth-order valence-corrected chi connectivity index (χ4v) is 2.64. The molecule has 0 bridgehead atoms. The second-order valence-electron chi connectivity index (χ2n) is 3.15. The van der Waals surface area contributed by atoms with Gasteiger partial charge in [-0.15, -0.1) is 0 Å². The van der Waals surface area contributed by atoms with Crippen LogP contribution in [0.3, 0.4) is 0 Å². The molecule has 0 N–H and O–H groups in total. The molecule has 0 amide bonds. The second-order valence-corrected chi connectivity index (χ2v) is 5.31. The molecule has 1 aromatic carbocycles. The highest BCUT2D eigenvalue weighted by atomic mass is 32.2. The predicted molar refractivity (Wildman–Crippen MR) is 57.9 cm³/mol. The van der Waals surface area contributed by atoms with E-state index in [-0.39, 0.29) is 0 Å². The monoisotopic (exact) mass is 181 g/mol. The minimum atomic E-state index is 0.458. The van der Waals surface area contributed by atoms with E-state index in [4.69, 9.17) is 0 Å². The van der Waals surface area contributed by atoms with Gasteiger partial charge in [0.25, 0.3) is 0 Å². The second kappa shape index (κ2) is 4.56. The average molecular weight is 181 g/mol. The van der Waals surface area contributed by atoms with Gasteiger partial charge >= 0.3 is 0 Å². The Morgan fingerprint density at radius 2 is 1.75 bits per heavy atom. The molecule has 1 aromatic rings. The van der Waals surface area contributed by atoms with Crippen molar-refractivity contribution in [1.29, 1.82) is 0 Å². The highest BCUT2D eigenvalue weighted by molar-refractivity contribution is 7.96. The van der Waals surface area contributed by atoms with Crippen molar-refractivity contribution in [2.24, 2.45) is 0 Å². The molecule has 0 spiro atoms. The van der Waals surface area contributed by atoms with Gasteiger partial charge in [-0.3, -0.25) is 0 Å². The van der Waals surface area contributed by atoms with Crippen molar-refractivity contribution >= 4 is 10.9 Å². The Morgan fingerprint density at radius 1 is 1.17 bits per heavy atom. The van der Waals surface area contributed by atoms with Crippen molar-refractivity contribution in [1.82, 2.24) is 0 Å². The molecule has 1 unspecified atom stereocenters. The number of hydrogen-bond acceptors (Lipinski definition) is 0. The van der Waals surface area contributed by atoms with E-state index in [2.05, 4.69) is 44.4 Å². The standard InChI is InChI=1S/C11H17S/c1-4-9-12(3)11-7-5-10(2)6-8-11/h5-8H,4,9H2,1-3H3/q+1. The van der Waals surface area contributed by atoms with Crippen molar-refractivity contribution in [2.45, 2.75) is 25.2 Å². The molecule has 0 radical (unpaired) electrons. The van der Waals surface area contributed by atoms with E-state index >= 15 is 0 Å². The van der Waals surface area contributed by atoms with Gasteiger partial charge in [-0.2, -0.15) is 0 Å². The molecule has 0 saturated carbocycles. The molecule has 1 rings (SSSR count). The lowest BCUT2D eigenvalue weighted by atomic mass is 10.2. The Labute approximate surface area is 78.3 Å². The largest absolute Gasteiger partial charge is 0.154 e. The third-order valence-corrected chi connectivity index (χ3v) is 4.03. The van der Waals surface area contributed by atoms with E-state index in [0.717, 1.165) is 0 Å². The Bertz CT molecular complexity index is 225. The zero-order valence-corrected chi connectivity index (χ0v) is 8.95. The van der Waals surface area contributed by atoms with Gasteiger partial charge in [-0.25, -0.2) is 0 Å². The lowest BCUT2D eigenvalue weighted by Crippen LogP contribution is -2.03. The van der Waals surface area contributed by atoms with E-state index in [0.29, 0.717) is 10.9 Å². The van der Waals surface area contributed by atoms with Crippen LogP contribution in [0.4, 0.5) is 0 Å². The van der Waals surface area contributed by atoms with Gasteiger partial charge in [0.15, 0.2) is 4.90 Å². The Balaban J connectivity index is 2.68. The van der Waals surface area contributed by atoms with Gasteiger partial charge in [-0.1, -0.05) is 24.6 Å². The fourth-order valence-electron chi connectivity index (χ4n) is 1.19. The van der Waals surface area contributed by atoms with Crippen LogP contribution in [-0.4, -0.2) is 12.0 Å². The molecule has 0 heterocycles. The van der Waals surface area contributed by atoms with Crippen molar-refractivity contribution in [3.63, 3.8) is 0 Å². The summed E-state index contributed by atoms with van der Waals surface area (Å²) in [4.78, 5) is 1.50. The van der Waals surface area contributed by atoms with E-state index in [1.165, 1.54) is 22.6 Å². The summed E-state index contributed by atoms with van der Waals surface area (Å²) in [6.45, 7) is 4.38. The maximum absolute atomic E-state index is 2.33. The zero-order chi connectivity index (χ0) is 8.97. The first kappa shape index (κ1) is 9.66. The Hall–Kier alpha value is -0.430. The van der Waals surface area contributed by atoms with E-state index in [1.54, 1.807) is 0 Å². The number of hydrogen-bond donors (Lipinski definition) is 0. The summed E-state index contributed by atoms with van der Waals surface area (Å²) in [5.41, 5.74) is 1.35. The van der Waals surface area contributed by atoms with Crippen LogP contribution in [0.15, 0.2) is 29.2 Å². The van der Waals surface area contributed by atoms with E-state index < -0.39 is 0 Å². The van der Waals surface area contributed by atoms with Crippen molar-refractivity contribution < 1.29 is 0 Å². The minimum Gasteiger partial charge on any atom is -0.0609 e. The van der Waals surface area contributed by atoms with Gasteiger partial charge < -0.3 is 0 Å². The summed E-state index contributed by atoms with van der Waals surface area (Å²) in [6, 6.07) is 8.92. The highest BCUT2D eigenvalue weighted by Gasteiger charge is 2.12. The molecular formula is C11H17S+. The highest BCUT2D eigenvalue weighted by Crippen LogP contribution is 2.12. The summed E-state index contributed by atoms with van der Waals surface area (Å²) in [7, 11) is 0.458. The summed E-state index contributed by atoms with van der Waals surface area (Å²) < 4.78 is 0. The Morgan fingerprint density at radius 3 is 2.25 bits per heavy atom. The van der Waals surface area contributed by atoms with Crippen LogP contribution in [0, 0.1) is 6.92 Å². The van der Waals surface area contributed by atoms with Gasteiger partial charge in [0.05, 0.1) is 0 Å². The zero-order valence-electron chi connectivity index (χ0n) is 8.13. The molecule has 1 atom stereocenters. The van der Waals surface area contributed by atoms with Gasteiger partial charge in [0.1, 0.15) is 12.0 Å². The summed E-state index contributed by atoms with van der Waals surface area (Å²) in [5, 5.41) is 0. The third kappa shape index (κ3) is 2.56. The first-order valence-electron chi connectivity index (χ1n) is 4.43. The average Bonchev–Trinajstić information content (AvgIpc) is 2.06. The van der Waals surface area contributed by atoms with E-state index in [1.807, 2.05) is 0 Å². The minimum absolute atomic E-state index is 0.458. The van der Waals surface area contributed by atoms with Crippen LogP contribution in [-0.2, 0) is 10.9 Å². The van der Waals surface area contributed by atoms with Gasteiger partial charge in [0, 0.05) is 10.9 Å². The SMILES string of the molecule is CCC[S+](C)c1ccc(C)cc1. The van der Waals surface area contributed by atoms with Crippen molar-refractivity contribution in [2.75, 3.05) is 12.0 Å². The Kier molecular flexibility index (Phi) is 3.67. The molecule has 0 aliphatic rings. The molecule has 12 heavy (non-hydrogen) atoms. The molecule has 0 nitrogen and oxygen atoms in total. The molecule has 0 saturated heterocycles. The number of benzene rings is 1. The first-order valence-corrected chi connectivity index (χ1v) is 6.23. The lowest BCUT2D eigenvalue weighted by molar-refractivity contribution is 1.10. The summed E-state index contributed by atoms with van der Waals surface area (Å²) >= 11 is 0. The van der Waals surface area contributed by atoms with Crippen LogP contribution >= 0.6 is 0 Å². The predicted octanol–water partition coefficient (Wildman–Crippen LogP) is 3.01. The van der Waals surface area contributed by atoms with Crippen LogP contribution < -0.4 is 0 Å². The normalized spacial score (nSPS) is 12.9. The smallest absolute Gasteiger partial charge is 0.0609 e. The molecule has 0 aliphatic carbocycles. The van der Waals surface area contributed by atoms with Gasteiger partial charge in [-0.05, 0) is 25.5 Å². The molecule has 0 aliphatic heterocycles. The molecule has 0 fully saturated rings. The van der Waals surface area contributed by atoms with Crippen LogP contribution in [0.5, 0.6) is 0 Å². The van der Waals surface area contributed by atoms with Crippen molar-refractivity contribution in [3.8, 4) is 0 Å². The van der Waals surface area contributed by atoms with Crippen LogP contribution in [0.1, 0.15) is 18.9 Å². The first-order chi connectivity index (χ1) is 5.74. The van der Waals surface area contributed by atoms with Gasteiger partial charge in [0.2, 0.25) is 0 Å². The number of rotatable bonds is 3. The van der Waals surface area contributed by atoms with Crippen LogP contribution in [0.2, 0.25) is 0 Å². The fraction of sp³-hybridized carbons (Fsp3) is 0.455.